The number of piperidine rings is 1. The number of halogens is 1. The van der Waals surface area contributed by atoms with Gasteiger partial charge in [-0.25, -0.2) is 14.2 Å². The molecule has 7 nitrogen and oxygen atoms in total. The molecule has 2 heterocycles. The van der Waals surface area contributed by atoms with Crippen LogP contribution in [0.1, 0.15) is 44.0 Å². The van der Waals surface area contributed by atoms with Gasteiger partial charge in [-0.05, 0) is 57.9 Å². The number of nitrogens with zero attached hydrogens (tertiary/aromatic N) is 2. The summed E-state index contributed by atoms with van der Waals surface area (Å²) < 4.78 is 25.4. The van der Waals surface area contributed by atoms with Gasteiger partial charge in [-0.15, -0.1) is 0 Å². The van der Waals surface area contributed by atoms with Crippen molar-refractivity contribution >= 4 is 12.0 Å². The molecule has 0 saturated carbocycles. The van der Waals surface area contributed by atoms with Crippen LogP contribution >= 0.6 is 0 Å². The Bertz CT molecular complexity index is 1180. The molecule has 0 atom stereocenters. The van der Waals surface area contributed by atoms with E-state index in [4.69, 9.17) is 9.15 Å². The second-order valence-corrected chi connectivity index (χ2v) is 9.27. The van der Waals surface area contributed by atoms with Gasteiger partial charge >= 0.3 is 6.09 Å². The summed E-state index contributed by atoms with van der Waals surface area (Å²) in [6.45, 7) is 6.52. The van der Waals surface area contributed by atoms with Gasteiger partial charge in [0.25, 0.3) is 5.91 Å². The summed E-state index contributed by atoms with van der Waals surface area (Å²) in [5.74, 6) is -0.132. The molecular formula is C26H28FN3O4. The topological polar surface area (TPSA) is 84.7 Å². The summed E-state index contributed by atoms with van der Waals surface area (Å²) in [5.41, 5.74) is 0.699. The van der Waals surface area contributed by atoms with Crippen LogP contribution in [0.15, 0.2) is 59.1 Å². The first kappa shape index (κ1) is 23.5. The first-order valence-electron chi connectivity index (χ1n) is 11.3. The molecular weight excluding hydrogens is 437 g/mol. The Hall–Kier alpha value is -3.68. The number of benzene rings is 2. The average Bonchev–Trinajstić information content (AvgIpc) is 3.28. The van der Waals surface area contributed by atoms with E-state index in [0.717, 1.165) is 0 Å². The van der Waals surface area contributed by atoms with Crippen LogP contribution in [0.4, 0.5) is 9.18 Å². The van der Waals surface area contributed by atoms with Gasteiger partial charge in [0.2, 0.25) is 5.89 Å². The van der Waals surface area contributed by atoms with E-state index in [0.29, 0.717) is 42.6 Å². The van der Waals surface area contributed by atoms with E-state index in [9.17, 15) is 14.0 Å². The Labute approximate surface area is 197 Å². The van der Waals surface area contributed by atoms with Crippen LogP contribution in [-0.2, 0) is 4.74 Å². The lowest BCUT2D eigenvalue weighted by Crippen LogP contribution is -2.47. The predicted molar refractivity (Wildman–Crippen MR) is 126 cm³/mol. The third-order valence-electron chi connectivity index (χ3n) is 5.53. The van der Waals surface area contributed by atoms with E-state index in [1.54, 1.807) is 47.4 Å². The fraction of sp³-hybridized carbons (Fsp3) is 0.346. The number of amides is 2. The highest BCUT2D eigenvalue weighted by Crippen LogP contribution is 2.29. The molecule has 34 heavy (non-hydrogen) atoms. The zero-order valence-corrected chi connectivity index (χ0v) is 19.5. The van der Waals surface area contributed by atoms with Gasteiger partial charge in [0, 0.05) is 24.7 Å². The maximum Gasteiger partial charge on any atom is 0.410 e. The highest BCUT2D eigenvalue weighted by Gasteiger charge is 2.28. The molecule has 1 fully saturated rings. The average molecular weight is 466 g/mol. The van der Waals surface area contributed by atoms with E-state index >= 15 is 0 Å². The van der Waals surface area contributed by atoms with E-state index < -0.39 is 11.4 Å². The lowest BCUT2D eigenvalue weighted by Gasteiger charge is -2.33. The van der Waals surface area contributed by atoms with E-state index in [2.05, 4.69) is 10.3 Å². The number of hydrogen-bond acceptors (Lipinski definition) is 5. The molecule has 1 saturated heterocycles. The van der Waals surface area contributed by atoms with Crippen molar-refractivity contribution in [3.63, 3.8) is 0 Å². The van der Waals surface area contributed by atoms with Crippen molar-refractivity contribution in [3.8, 4) is 22.8 Å². The van der Waals surface area contributed by atoms with Crippen molar-refractivity contribution in [2.24, 2.45) is 0 Å². The Morgan fingerprint density at radius 3 is 2.38 bits per heavy atom. The summed E-state index contributed by atoms with van der Waals surface area (Å²) in [6, 6.07) is 13.2. The number of hydrogen-bond donors (Lipinski definition) is 1. The van der Waals surface area contributed by atoms with E-state index in [1.165, 1.54) is 12.3 Å². The van der Waals surface area contributed by atoms with Crippen molar-refractivity contribution in [1.29, 1.82) is 0 Å². The molecule has 178 valence electrons. The van der Waals surface area contributed by atoms with Gasteiger partial charge in [-0.2, -0.15) is 0 Å². The first-order chi connectivity index (χ1) is 16.2. The van der Waals surface area contributed by atoms with Crippen LogP contribution in [0.2, 0.25) is 0 Å². The maximum absolute atomic E-state index is 14.1. The maximum atomic E-state index is 14.1. The molecule has 1 N–H and O–H groups in total. The standard InChI is InChI=1S/C26H28FN3O4/c1-26(2,3)34-25(32)30-14-12-17(13-15-30)29-23(31)18-8-4-5-9-19(18)24-28-16-22(33-24)20-10-6-7-11-21(20)27/h4-11,16-17H,12-15H2,1-3H3,(H,29,31). The molecule has 0 bridgehead atoms. The Balaban J connectivity index is 1.43. The van der Waals surface area contributed by atoms with Crippen LogP contribution in [-0.4, -0.2) is 46.6 Å². The van der Waals surface area contributed by atoms with Crippen LogP contribution in [0.3, 0.4) is 0 Å². The normalized spacial score (nSPS) is 14.6. The van der Waals surface area contributed by atoms with Crippen LogP contribution in [0.25, 0.3) is 22.8 Å². The number of ether oxygens (including phenoxy) is 1. The monoisotopic (exact) mass is 465 g/mol. The zero-order chi connectivity index (χ0) is 24.3. The summed E-state index contributed by atoms with van der Waals surface area (Å²) in [5, 5.41) is 3.05. The number of likely N-dealkylation sites (tertiary alicyclic amines) is 1. The Morgan fingerprint density at radius 1 is 1.06 bits per heavy atom. The molecule has 3 aromatic rings. The van der Waals surface area contributed by atoms with Gasteiger partial charge in [-0.1, -0.05) is 24.3 Å². The van der Waals surface area contributed by atoms with Gasteiger partial charge in [-0.3, -0.25) is 4.79 Å². The highest BCUT2D eigenvalue weighted by atomic mass is 19.1. The number of carbonyl (C=O) groups is 2. The summed E-state index contributed by atoms with van der Waals surface area (Å²) in [6.07, 6.45) is 2.37. The van der Waals surface area contributed by atoms with Gasteiger partial charge in [0.1, 0.15) is 11.4 Å². The molecule has 1 aliphatic heterocycles. The van der Waals surface area contributed by atoms with Gasteiger partial charge in [0.05, 0.1) is 17.3 Å². The molecule has 0 unspecified atom stereocenters. The molecule has 0 spiro atoms. The molecule has 4 rings (SSSR count). The lowest BCUT2D eigenvalue weighted by atomic mass is 10.0. The molecule has 0 aliphatic carbocycles. The lowest BCUT2D eigenvalue weighted by molar-refractivity contribution is 0.0199. The number of nitrogens with one attached hydrogen (secondary N) is 1. The minimum absolute atomic E-state index is 0.0715. The third kappa shape index (κ3) is 5.44. The Morgan fingerprint density at radius 2 is 1.71 bits per heavy atom. The predicted octanol–water partition coefficient (Wildman–Crippen LogP) is 5.28. The minimum atomic E-state index is -0.544. The number of rotatable bonds is 4. The third-order valence-corrected chi connectivity index (χ3v) is 5.53. The van der Waals surface area contributed by atoms with Crippen molar-refractivity contribution < 1.29 is 23.1 Å². The smallest absolute Gasteiger partial charge is 0.410 e. The summed E-state index contributed by atoms with van der Waals surface area (Å²) in [4.78, 5) is 31.3. The Kier molecular flexibility index (Phi) is 6.68. The van der Waals surface area contributed by atoms with Gasteiger partial charge in [0.15, 0.2) is 5.76 Å². The van der Waals surface area contributed by atoms with Crippen LogP contribution < -0.4 is 5.32 Å². The van der Waals surface area contributed by atoms with Crippen molar-refractivity contribution in [2.45, 2.75) is 45.3 Å². The minimum Gasteiger partial charge on any atom is -0.444 e. The molecule has 1 aromatic heterocycles. The quantitative estimate of drug-likeness (QED) is 0.567. The highest BCUT2D eigenvalue weighted by molar-refractivity contribution is 6.00. The number of carbonyl (C=O) groups excluding carboxylic acids is 2. The second kappa shape index (κ2) is 9.67. The summed E-state index contributed by atoms with van der Waals surface area (Å²) >= 11 is 0. The molecule has 8 heteroatoms. The molecule has 2 aromatic carbocycles. The zero-order valence-electron chi connectivity index (χ0n) is 19.5. The van der Waals surface area contributed by atoms with Gasteiger partial charge < -0.3 is 19.4 Å². The second-order valence-electron chi connectivity index (χ2n) is 9.27. The molecule has 2 amide bonds. The van der Waals surface area contributed by atoms with Crippen LogP contribution in [0, 0.1) is 5.82 Å². The SMILES string of the molecule is CC(C)(C)OC(=O)N1CCC(NC(=O)c2ccccc2-c2ncc(-c3ccccc3F)o2)CC1. The van der Waals surface area contributed by atoms with Crippen molar-refractivity contribution in [2.75, 3.05) is 13.1 Å². The number of oxazole rings is 1. The fourth-order valence-electron chi connectivity index (χ4n) is 3.85. The molecule has 0 radical (unpaired) electrons. The van der Waals surface area contributed by atoms with Crippen molar-refractivity contribution in [1.82, 2.24) is 15.2 Å². The van der Waals surface area contributed by atoms with Crippen LogP contribution in [0.5, 0.6) is 0 Å². The largest absolute Gasteiger partial charge is 0.444 e. The van der Waals surface area contributed by atoms with E-state index in [1.807, 2.05) is 20.8 Å². The van der Waals surface area contributed by atoms with E-state index in [-0.39, 0.29) is 29.7 Å². The number of aromatic nitrogens is 1. The first-order valence-corrected chi connectivity index (χ1v) is 11.3. The van der Waals surface area contributed by atoms with Crippen molar-refractivity contribution in [3.05, 3.63) is 66.1 Å². The fourth-order valence-corrected chi connectivity index (χ4v) is 3.85. The summed E-state index contributed by atoms with van der Waals surface area (Å²) in [7, 11) is 0. The molecule has 1 aliphatic rings.